The van der Waals surface area contributed by atoms with Gasteiger partial charge in [-0.1, -0.05) is 0 Å². The SMILES string of the molecule is O=C(O)CCNC(C1CC1)C1CC1. The van der Waals surface area contributed by atoms with Crippen molar-refractivity contribution in [3.8, 4) is 0 Å². The van der Waals surface area contributed by atoms with Crippen LogP contribution in [0.1, 0.15) is 32.1 Å². The first-order chi connectivity index (χ1) is 6.27. The minimum Gasteiger partial charge on any atom is -0.481 e. The van der Waals surface area contributed by atoms with E-state index in [9.17, 15) is 4.79 Å². The molecule has 2 N–H and O–H groups in total. The van der Waals surface area contributed by atoms with Crippen LogP contribution in [0.5, 0.6) is 0 Å². The van der Waals surface area contributed by atoms with Crippen molar-refractivity contribution in [3.63, 3.8) is 0 Å². The first-order valence-corrected chi connectivity index (χ1v) is 5.22. The fourth-order valence-electron chi connectivity index (χ4n) is 1.97. The van der Waals surface area contributed by atoms with Gasteiger partial charge < -0.3 is 10.4 Å². The Bertz CT molecular complexity index is 185. The molecule has 0 aromatic carbocycles. The second-order valence-electron chi connectivity index (χ2n) is 4.30. The van der Waals surface area contributed by atoms with Crippen molar-refractivity contribution in [1.29, 1.82) is 0 Å². The molecule has 2 fully saturated rings. The standard InChI is InChI=1S/C10H17NO2/c12-9(13)5-6-11-10(7-1-2-7)8-3-4-8/h7-8,10-11H,1-6H2,(H,12,13). The number of hydrogen-bond acceptors (Lipinski definition) is 2. The highest BCUT2D eigenvalue weighted by molar-refractivity contribution is 5.66. The number of rotatable bonds is 6. The quantitative estimate of drug-likeness (QED) is 0.651. The van der Waals surface area contributed by atoms with Gasteiger partial charge in [-0.15, -0.1) is 0 Å². The lowest BCUT2D eigenvalue weighted by molar-refractivity contribution is -0.136. The smallest absolute Gasteiger partial charge is 0.304 e. The highest BCUT2D eigenvalue weighted by Gasteiger charge is 2.40. The van der Waals surface area contributed by atoms with Crippen molar-refractivity contribution in [2.24, 2.45) is 11.8 Å². The van der Waals surface area contributed by atoms with Gasteiger partial charge in [-0.2, -0.15) is 0 Å². The third-order valence-corrected chi connectivity index (χ3v) is 2.98. The summed E-state index contributed by atoms with van der Waals surface area (Å²) in [6.07, 6.45) is 5.65. The number of carboxylic acids is 1. The molecule has 0 heterocycles. The fourth-order valence-corrected chi connectivity index (χ4v) is 1.97. The van der Waals surface area contributed by atoms with E-state index in [-0.39, 0.29) is 6.42 Å². The summed E-state index contributed by atoms with van der Waals surface area (Å²) < 4.78 is 0. The van der Waals surface area contributed by atoms with Crippen molar-refractivity contribution >= 4 is 5.97 Å². The Balaban J connectivity index is 1.67. The Morgan fingerprint density at radius 3 is 2.23 bits per heavy atom. The zero-order valence-corrected chi connectivity index (χ0v) is 7.83. The number of carboxylic acid groups (broad SMARTS) is 1. The van der Waals surface area contributed by atoms with Gasteiger partial charge in [0.25, 0.3) is 0 Å². The lowest BCUT2D eigenvalue weighted by Crippen LogP contribution is -2.34. The summed E-state index contributed by atoms with van der Waals surface area (Å²) in [7, 11) is 0. The van der Waals surface area contributed by atoms with Crippen molar-refractivity contribution in [2.45, 2.75) is 38.1 Å². The van der Waals surface area contributed by atoms with E-state index in [4.69, 9.17) is 5.11 Å². The largest absolute Gasteiger partial charge is 0.481 e. The second-order valence-corrected chi connectivity index (χ2v) is 4.30. The van der Waals surface area contributed by atoms with E-state index in [1.54, 1.807) is 0 Å². The van der Waals surface area contributed by atoms with Gasteiger partial charge in [0.05, 0.1) is 6.42 Å². The summed E-state index contributed by atoms with van der Waals surface area (Å²) >= 11 is 0. The molecule has 0 radical (unpaired) electrons. The summed E-state index contributed by atoms with van der Waals surface area (Å²) in [6.45, 7) is 0.646. The minimum atomic E-state index is -0.696. The van der Waals surface area contributed by atoms with Crippen LogP contribution in [-0.4, -0.2) is 23.7 Å². The predicted molar refractivity (Wildman–Crippen MR) is 49.5 cm³/mol. The van der Waals surface area contributed by atoms with Crippen LogP contribution in [-0.2, 0) is 4.79 Å². The molecular weight excluding hydrogens is 166 g/mol. The Morgan fingerprint density at radius 2 is 1.85 bits per heavy atom. The summed E-state index contributed by atoms with van der Waals surface area (Å²) in [6, 6.07) is 0.638. The molecule has 0 amide bonds. The zero-order valence-electron chi connectivity index (χ0n) is 7.83. The van der Waals surface area contributed by atoms with Gasteiger partial charge in [-0.05, 0) is 37.5 Å². The number of nitrogens with one attached hydrogen (secondary N) is 1. The normalized spacial score (nSPS) is 22.2. The van der Waals surface area contributed by atoms with Gasteiger partial charge in [0.15, 0.2) is 0 Å². The molecule has 0 atom stereocenters. The highest BCUT2D eigenvalue weighted by Crippen LogP contribution is 2.44. The predicted octanol–water partition coefficient (Wildman–Crippen LogP) is 1.24. The Hall–Kier alpha value is -0.570. The van der Waals surface area contributed by atoms with Crippen LogP contribution >= 0.6 is 0 Å². The van der Waals surface area contributed by atoms with E-state index in [0.717, 1.165) is 11.8 Å². The molecule has 3 heteroatoms. The maximum absolute atomic E-state index is 10.3. The van der Waals surface area contributed by atoms with Crippen LogP contribution in [0.3, 0.4) is 0 Å². The molecule has 13 heavy (non-hydrogen) atoms. The number of hydrogen-bond donors (Lipinski definition) is 2. The Morgan fingerprint density at radius 1 is 1.31 bits per heavy atom. The Kier molecular flexibility index (Phi) is 2.54. The molecule has 2 aliphatic carbocycles. The first kappa shape index (κ1) is 9.00. The molecule has 0 saturated heterocycles. The van der Waals surface area contributed by atoms with Gasteiger partial charge in [0.1, 0.15) is 0 Å². The summed E-state index contributed by atoms with van der Waals surface area (Å²) in [5.41, 5.74) is 0. The van der Waals surface area contributed by atoms with Gasteiger partial charge in [-0.25, -0.2) is 0 Å². The third kappa shape index (κ3) is 2.69. The topological polar surface area (TPSA) is 49.3 Å². The second kappa shape index (κ2) is 3.66. The molecule has 2 saturated carbocycles. The monoisotopic (exact) mass is 183 g/mol. The highest BCUT2D eigenvalue weighted by atomic mass is 16.4. The average molecular weight is 183 g/mol. The van der Waals surface area contributed by atoms with Crippen molar-refractivity contribution < 1.29 is 9.90 Å². The molecule has 2 aliphatic rings. The van der Waals surface area contributed by atoms with E-state index >= 15 is 0 Å². The fraction of sp³-hybridized carbons (Fsp3) is 0.900. The van der Waals surface area contributed by atoms with Gasteiger partial charge >= 0.3 is 5.97 Å². The number of aliphatic carboxylic acids is 1. The third-order valence-electron chi connectivity index (χ3n) is 2.98. The van der Waals surface area contributed by atoms with Crippen molar-refractivity contribution in [3.05, 3.63) is 0 Å². The summed E-state index contributed by atoms with van der Waals surface area (Å²) in [4.78, 5) is 10.3. The van der Waals surface area contributed by atoms with E-state index in [1.165, 1.54) is 25.7 Å². The van der Waals surface area contributed by atoms with Crippen LogP contribution in [0.2, 0.25) is 0 Å². The van der Waals surface area contributed by atoms with E-state index in [1.807, 2.05) is 0 Å². The van der Waals surface area contributed by atoms with Crippen LogP contribution < -0.4 is 5.32 Å². The van der Waals surface area contributed by atoms with Gasteiger partial charge in [0, 0.05) is 12.6 Å². The molecule has 74 valence electrons. The summed E-state index contributed by atoms with van der Waals surface area (Å²) in [5.74, 6) is 1.03. The molecule has 0 aliphatic heterocycles. The maximum atomic E-state index is 10.3. The molecular formula is C10H17NO2. The van der Waals surface area contributed by atoms with Gasteiger partial charge in [0.2, 0.25) is 0 Å². The maximum Gasteiger partial charge on any atom is 0.304 e. The van der Waals surface area contributed by atoms with Crippen LogP contribution in [0.25, 0.3) is 0 Å². The van der Waals surface area contributed by atoms with Crippen molar-refractivity contribution in [2.75, 3.05) is 6.54 Å². The average Bonchev–Trinajstić information content (AvgIpc) is 2.89. The molecule has 0 bridgehead atoms. The zero-order chi connectivity index (χ0) is 9.26. The summed E-state index contributed by atoms with van der Waals surface area (Å²) in [5, 5.41) is 11.9. The number of carbonyl (C=O) groups is 1. The van der Waals surface area contributed by atoms with E-state index < -0.39 is 5.97 Å². The molecule has 0 aromatic rings. The lowest BCUT2D eigenvalue weighted by Gasteiger charge is -2.16. The van der Waals surface area contributed by atoms with Crippen LogP contribution in [0, 0.1) is 11.8 Å². The van der Waals surface area contributed by atoms with Crippen LogP contribution in [0.15, 0.2) is 0 Å². The van der Waals surface area contributed by atoms with Crippen molar-refractivity contribution in [1.82, 2.24) is 5.32 Å². The molecule has 3 nitrogen and oxygen atoms in total. The molecule has 2 rings (SSSR count). The van der Waals surface area contributed by atoms with E-state index in [0.29, 0.717) is 12.6 Å². The molecule has 0 unspecified atom stereocenters. The molecule has 0 aromatic heterocycles. The lowest BCUT2D eigenvalue weighted by atomic mass is 10.1. The Labute approximate surface area is 78.5 Å². The van der Waals surface area contributed by atoms with Gasteiger partial charge in [-0.3, -0.25) is 4.79 Å². The minimum absolute atomic E-state index is 0.260. The first-order valence-electron chi connectivity index (χ1n) is 5.22. The molecule has 0 spiro atoms. The van der Waals surface area contributed by atoms with E-state index in [2.05, 4.69) is 5.32 Å². The van der Waals surface area contributed by atoms with Crippen LogP contribution in [0.4, 0.5) is 0 Å².